The van der Waals surface area contributed by atoms with Gasteiger partial charge in [0.15, 0.2) is 0 Å². The first kappa shape index (κ1) is 16.3. The maximum atomic E-state index is 13.0. The van der Waals surface area contributed by atoms with Gasteiger partial charge in [-0.2, -0.15) is 10.4 Å². The van der Waals surface area contributed by atoms with Crippen LogP contribution in [0.4, 0.5) is 0 Å². The lowest BCUT2D eigenvalue weighted by Gasteiger charge is -2.28. The molecule has 24 heavy (non-hydrogen) atoms. The van der Waals surface area contributed by atoms with Crippen LogP contribution in [-0.4, -0.2) is 33.7 Å². The summed E-state index contributed by atoms with van der Waals surface area (Å²) >= 11 is 6.32. The molecule has 2 heterocycles. The molecule has 1 N–H and O–H groups in total. The molecule has 0 atom stereocenters. The summed E-state index contributed by atoms with van der Waals surface area (Å²) in [4.78, 5) is 14.7. The predicted molar refractivity (Wildman–Crippen MR) is 89.0 cm³/mol. The van der Waals surface area contributed by atoms with Crippen LogP contribution in [0.15, 0.2) is 18.3 Å². The van der Waals surface area contributed by atoms with Crippen LogP contribution in [0.2, 0.25) is 5.02 Å². The van der Waals surface area contributed by atoms with Gasteiger partial charge < -0.3 is 9.64 Å². The number of hydrogen-bond acceptors (Lipinski definition) is 4. The number of nitriles is 1. The summed E-state index contributed by atoms with van der Waals surface area (Å²) in [6.07, 6.45) is 2.33. The first-order valence-corrected chi connectivity index (χ1v) is 8.08. The van der Waals surface area contributed by atoms with Crippen molar-refractivity contribution in [3.05, 3.63) is 45.7 Å². The first-order valence-electron chi connectivity index (χ1n) is 7.71. The highest BCUT2D eigenvalue weighted by atomic mass is 35.5. The molecule has 7 heteroatoms. The number of amides is 1. The van der Waals surface area contributed by atoms with Gasteiger partial charge in [-0.05, 0) is 26.0 Å². The average Bonchev–Trinajstić information content (AvgIpc) is 3.01. The molecule has 0 spiro atoms. The average molecular weight is 345 g/mol. The molecular weight excluding hydrogens is 328 g/mol. The number of fused-ring (bicyclic) bond motifs is 1. The van der Waals surface area contributed by atoms with E-state index < -0.39 is 0 Å². The van der Waals surface area contributed by atoms with Crippen LogP contribution in [0.3, 0.4) is 0 Å². The van der Waals surface area contributed by atoms with Crippen molar-refractivity contribution >= 4 is 17.5 Å². The number of nitrogens with one attached hydrogen (secondary N) is 1. The number of aromatic nitrogens is 2. The summed E-state index contributed by atoms with van der Waals surface area (Å²) < 4.78 is 5.73. The monoisotopic (exact) mass is 344 g/mol. The summed E-state index contributed by atoms with van der Waals surface area (Å²) in [5, 5.41) is 16.3. The smallest absolute Gasteiger partial charge is 0.259 e. The number of carbonyl (C=O) groups is 1. The summed E-state index contributed by atoms with van der Waals surface area (Å²) in [7, 11) is 0. The molecule has 0 saturated carbocycles. The third-order valence-corrected chi connectivity index (χ3v) is 4.28. The Morgan fingerprint density at radius 1 is 1.50 bits per heavy atom. The van der Waals surface area contributed by atoms with Gasteiger partial charge in [0.05, 0.1) is 22.9 Å². The van der Waals surface area contributed by atoms with E-state index in [-0.39, 0.29) is 28.2 Å². The van der Waals surface area contributed by atoms with Gasteiger partial charge in [0, 0.05) is 30.8 Å². The van der Waals surface area contributed by atoms with Gasteiger partial charge >= 0.3 is 0 Å². The van der Waals surface area contributed by atoms with Gasteiger partial charge in [-0.1, -0.05) is 11.6 Å². The molecule has 0 fully saturated rings. The number of halogens is 1. The van der Waals surface area contributed by atoms with Crippen molar-refractivity contribution in [2.45, 2.75) is 32.9 Å². The van der Waals surface area contributed by atoms with Gasteiger partial charge in [0.1, 0.15) is 17.4 Å². The number of hydrogen-bond donors (Lipinski definition) is 1. The normalized spacial score (nSPS) is 13.5. The van der Waals surface area contributed by atoms with Gasteiger partial charge in [0.2, 0.25) is 0 Å². The van der Waals surface area contributed by atoms with E-state index in [2.05, 4.69) is 10.2 Å². The maximum absolute atomic E-state index is 13.0. The van der Waals surface area contributed by atoms with Crippen molar-refractivity contribution in [3.8, 4) is 11.8 Å². The fourth-order valence-electron chi connectivity index (χ4n) is 2.75. The molecule has 6 nitrogen and oxygen atoms in total. The van der Waals surface area contributed by atoms with Crippen LogP contribution >= 0.6 is 11.6 Å². The van der Waals surface area contributed by atoms with Crippen molar-refractivity contribution in [3.63, 3.8) is 0 Å². The molecule has 1 amide bonds. The summed E-state index contributed by atoms with van der Waals surface area (Å²) in [6, 6.07) is 5.21. The lowest BCUT2D eigenvalue weighted by atomic mass is 10.0. The number of ether oxygens (including phenoxy) is 1. The Morgan fingerprint density at radius 3 is 3.00 bits per heavy atom. The minimum absolute atomic E-state index is 0.109. The molecule has 3 rings (SSSR count). The second kappa shape index (κ2) is 6.54. The second-order valence-electron chi connectivity index (χ2n) is 5.93. The first-order chi connectivity index (χ1) is 11.5. The van der Waals surface area contributed by atoms with Crippen LogP contribution in [-0.2, 0) is 13.0 Å². The summed E-state index contributed by atoms with van der Waals surface area (Å²) in [6.45, 7) is 4.76. The van der Waals surface area contributed by atoms with E-state index in [0.717, 1.165) is 11.3 Å². The molecule has 2 aromatic rings. The molecule has 0 bridgehead atoms. The van der Waals surface area contributed by atoms with Crippen molar-refractivity contribution in [2.75, 3.05) is 6.54 Å². The third-order valence-electron chi connectivity index (χ3n) is 3.89. The van der Waals surface area contributed by atoms with E-state index in [1.54, 1.807) is 23.2 Å². The second-order valence-corrected chi connectivity index (χ2v) is 6.31. The Labute approximate surface area is 145 Å². The van der Waals surface area contributed by atoms with Crippen LogP contribution in [0, 0.1) is 11.3 Å². The van der Waals surface area contributed by atoms with Gasteiger partial charge in [-0.3, -0.25) is 9.89 Å². The zero-order valence-electron chi connectivity index (χ0n) is 13.5. The highest BCUT2D eigenvalue weighted by Gasteiger charge is 2.28. The van der Waals surface area contributed by atoms with Crippen LogP contribution < -0.4 is 4.74 Å². The molecule has 0 unspecified atom stereocenters. The Hall–Kier alpha value is -2.52. The molecule has 0 radical (unpaired) electrons. The number of benzene rings is 1. The zero-order chi connectivity index (χ0) is 17.3. The largest absolute Gasteiger partial charge is 0.490 e. The van der Waals surface area contributed by atoms with Crippen molar-refractivity contribution in [2.24, 2.45) is 0 Å². The van der Waals surface area contributed by atoms with Gasteiger partial charge in [-0.25, -0.2) is 0 Å². The van der Waals surface area contributed by atoms with E-state index in [1.165, 1.54) is 0 Å². The molecule has 0 aliphatic carbocycles. The van der Waals surface area contributed by atoms with Crippen LogP contribution in [0.5, 0.6) is 5.75 Å². The van der Waals surface area contributed by atoms with E-state index in [0.29, 0.717) is 25.3 Å². The Kier molecular flexibility index (Phi) is 4.45. The third kappa shape index (κ3) is 2.95. The maximum Gasteiger partial charge on any atom is 0.259 e. The van der Waals surface area contributed by atoms with E-state index in [4.69, 9.17) is 16.3 Å². The Bertz CT molecular complexity index is 822. The fourth-order valence-corrected chi connectivity index (χ4v) is 3.03. The van der Waals surface area contributed by atoms with E-state index in [1.807, 2.05) is 19.9 Å². The topological polar surface area (TPSA) is 82.0 Å². The number of nitrogens with zero attached hydrogens (tertiary/aromatic N) is 3. The fraction of sp³-hybridized carbons (Fsp3) is 0.353. The highest BCUT2D eigenvalue weighted by molar-refractivity contribution is 6.35. The summed E-state index contributed by atoms with van der Waals surface area (Å²) in [5.74, 6) is 0.164. The van der Waals surface area contributed by atoms with Crippen molar-refractivity contribution < 1.29 is 9.53 Å². The minimum Gasteiger partial charge on any atom is -0.490 e. The molecule has 1 aromatic heterocycles. The number of carbonyl (C=O) groups excluding carboxylic acids is 1. The van der Waals surface area contributed by atoms with E-state index in [9.17, 15) is 10.1 Å². The number of rotatable bonds is 3. The minimum atomic E-state index is -0.236. The molecular formula is C17H17ClN4O2. The van der Waals surface area contributed by atoms with Crippen molar-refractivity contribution in [1.29, 1.82) is 5.26 Å². The quantitative estimate of drug-likeness (QED) is 0.928. The zero-order valence-corrected chi connectivity index (χ0v) is 14.2. The summed E-state index contributed by atoms with van der Waals surface area (Å²) in [5.41, 5.74) is 2.55. The SMILES string of the molecule is CC(C)Oc1ccc(C#N)c(Cl)c1C(=O)N1CCc2[nH]ncc2C1. The molecule has 124 valence electrons. The van der Waals surface area contributed by atoms with Gasteiger partial charge in [0.25, 0.3) is 5.91 Å². The molecule has 0 saturated heterocycles. The van der Waals surface area contributed by atoms with Crippen LogP contribution in [0.1, 0.15) is 41.0 Å². The van der Waals surface area contributed by atoms with Gasteiger partial charge in [-0.15, -0.1) is 0 Å². The lowest BCUT2D eigenvalue weighted by Crippen LogP contribution is -2.36. The molecule has 1 aliphatic heterocycles. The Balaban J connectivity index is 1.98. The number of aromatic amines is 1. The standard InChI is InChI=1S/C17H17ClN4O2/c1-10(2)24-14-4-3-11(7-19)16(18)15(14)17(23)22-6-5-13-12(9-22)8-20-21-13/h3-4,8,10H,5-6,9H2,1-2H3,(H,20,21). The number of H-pyrrole nitrogens is 1. The van der Waals surface area contributed by atoms with E-state index >= 15 is 0 Å². The molecule has 1 aromatic carbocycles. The lowest BCUT2D eigenvalue weighted by molar-refractivity contribution is 0.0728. The molecule has 1 aliphatic rings. The van der Waals surface area contributed by atoms with Crippen molar-refractivity contribution in [1.82, 2.24) is 15.1 Å². The van der Waals surface area contributed by atoms with Crippen LogP contribution in [0.25, 0.3) is 0 Å². The highest BCUT2D eigenvalue weighted by Crippen LogP contribution is 2.32. The Morgan fingerprint density at radius 2 is 2.29 bits per heavy atom. The predicted octanol–water partition coefficient (Wildman–Crippen LogP) is 2.92.